The third-order valence-electron chi connectivity index (χ3n) is 3.56. The van der Waals surface area contributed by atoms with Crippen molar-refractivity contribution < 1.29 is 19.4 Å². The zero-order chi connectivity index (χ0) is 14.4. The Labute approximate surface area is 114 Å². The highest BCUT2D eigenvalue weighted by molar-refractivity contribution is 5.77. The van der Waals surface area contributed by atoms with Crippen molar-refractivity contribution in [2.45, 2.75) is 45.2 Å². The molecule has 2 atom stereocenters. The summed E-state index contributed by atoms with van der Waals surface area (Å²) in [5.41, 5.74) is 0. The van der Waals surface area contributed by atoms with Gasteiger partial charge in [0.15, 0.2) is 0 Å². The summed E-state index contributed by atoms with van der Waals surface area (Å²) >= 11 is 0. The van der Waals surface area contributed by atoms with Gasteiger partial charge in [-0.15, -0.1) is 0 Å². The van der Waals surface area contributed by atoms with Gasteiger partial charge in [0.05, 0.1) is 19.1 Å². The van der Waals surface area contributed by atoms with Crippen LogP contribution in [-0.4, -0.2) is 65.8 Å². The number of carboxylic acid groups (broad SMARTS) is 1. The molecule has 1 aliphatic rings. The second-order valence-corrected chi connectivity index (χ2v) is 4.96. The van der Waals surface area contributed by atoms with Gasteiger partial charge in [-0.1, -0.05) is 0 Å². The molecule has 0 bridgehead atoms. The minimum atomic E-state index is -0.849. The fraction of sp³-hybridized carbons (Fsp3) is 0.846. The summed E-state index contributed by atoms with van der Waals surface area (Å²) in [5, 5.41) is 8.89. The van der Waals surface area contributed by atoms with Gasteiger partial charge >= 0.3 is 12.0 Å². The molecule has 0 spiro atoms. The van der Waals surface area contributed by atoms with Crippen molar-refractivity contribution in [3.63, 3.8) is 0 Å². The molecule has 110 valence electrons. The maximum Gasteiger partial charge on any atom is 0.320 e. The summed E-state index contributed by atoms with van der Waals surface area (Å²) in [6.07, 6.45) is 1.68. The lowest BCUT2D eigenvalue weighted by molar-refractivity contribution is -0.138. The van der Waals surface area contributed by atoms with Crippen LogP contribution in [0.1, 0.15) is 33.1 Å². The SMILES string of the molecule is CCN(C(=O)N1CCCC1CC(=O)O)C(C)COC. The number of likely N-dealkylation sites (N-methyl/N-ethyl adjacent to an activating group) is 1. The van der Waals surface area contributed by atoms with Gasteiger partial charge in [0.1, 0.15) is 0 Å². The topological polar surface area (TPSA) is 70.1 Å². The van der Waals surface area contributed by atoms with E-state index in [1.54, 1.807) is 16.9 Å². The number of hydrogen-bond acceptors (Lipinski definition) is 3. The number of methoxy groups -OCH3 is 1. The van der Waals surface area contributed by atoms with E-state index in [2.05, 4.69) is 0 Å². The number of amides is 2. The summed E-state index contributed by atoms with van der Waals surface area (Å²) in [5.74, 6) is -0.849. The average Bonchev–Trinajstić information content (AvgIpc) is 2.77. The molecule has 0 aliphatic carbocycles. The van der Waals surface area contributed by atoms with Gasteiger partial charge in [-0.25, -0.2) is 4.79 Å². The number of carboxylic acids is 1. The Kier molecular flexibility index (Phi) is 6.08. The van der Waals surface area contributed by atoms with Gasteiger partial charge in [0.2, 0.25) is 0 Å². The van der Waals surface area contributed by atoms with Crippen LogP contribution >= 0.6 is 0 Å². The Hall–Kier alpha value is -1.30. The fourth-order valence-corrected chi connectivity index (χ4v) is 2.63. The van der Waals surface area contributed by atoms with E-state index >= 15 is 0 Å². The first-order valence-electron chi connectivity index (χ1n) is 6.79. The molecule has 1 rings (SSSR count). The van der Waals surface area contributed by atoms with E-state index in [0.717, 1.165) is 12.8 Å². The number of carbonyl (C=O) groups excluding carboxylic acids is 1. The highest BCUT2D eigenvalue weighted by atomic mass is 16.5. The van der Waals surface area contributed by atoms with Crippen LogP contribution < -0.4 is 0 Å². The molecule has 0 saturated carbocycles. The monoisotopic (exact) mass is 272 g/mol. The highest BCUT2D eigenvalue weighted by Crippen LogP contribution is 2.22. The van der Waals surface area contributed by atoms with E-state index in [9.17, 15) is 9.59 Å². The molecule has 1 N–H and O–H groups in total. The van der Waals surface area contributed by atoms with E-state index in [1.165, 1.54) is 0 Å². The zero-order valence-corrected chi connectivity index (χ0v) is 12.0. The summed E-state index contributed by atoms with van der Waals surface area (Å²) in [6.45, 7) is 5.59. The molecule has 6 heteroatoms. The summed E-state index contributed by atoms with van der Waals surface area (Å²) < 4.78 is 5.08. The molecule has 1 aliphatic heterocycles. The van der Waals surface area contributed by atoms with Crippen LogP contribution in [0.4, 0.5) is 4.79 Å². The van der Waals surface area contributed by atoms with Gasteiger partial charge in [0, 0.05) is 26.2 Å². The molecule has 0 aromatic heterocycles. The van der Waals surface area contributed by atoms with Crippen LogP contribution in [0.25, 0.3) is 0 Å². The lowest BCUT2D eigenvalue weighted by Crippen LogP contribution is -2.50. The maximum atomic E-state index is 12.5. The highest BCUT2D eigenvalue weighted by Gasteiger charge is 2.33. The van der Waals surface area contributed by atoms with Crippen LogP contribution in [0.5, 0.6) is 0 Å². The van der Waals surface area contributed by atoms with Gasteiger partial charge in [0.25, 0.3) is 0 Å². The Morgan fingerprint density at radius 1 is 1.53 bits per heavy atom. The Morgan fingerprint density at radius 2 is 2.21 bits per heavy atom. The van der Waals surface area contributed by atoms with Crippen molar-refractivity contribution in [1.29, 1.82) is 0 Å². The zero-order valence-electron chi connectivity index (χ0n) is 12.0. The van der Waals surface area contributed by atoms with E-state index in [0.29, 0.717) is 19.7 Å². The number of ether oxygens (including phenoxy) is 1. The Morgan fingerprint density at radius 3 is 2.74 bits per heavy atom. The molecule has 1 saturated heterocycles. The minimum Gasteiger partial charge on any atom is -0.481 e. The predicted octanol–water partition coefficient (Wildman–Crippen LogP) is 1.40. The molecule has 2 amide bonds. The van der Waals surface area contributed by atoms with E-state index < -0.39 is 5.97 Å². The van der Waals surface area contributed by atoms with Crippen LogP contribution in [0, 0.1) is 0 Å². The first-order chi connectivity index (χ1) is 9.01. The van der Waals surface area contributed by atoms with Crippen LogP contribution in [0.2, 0.25) is 0 Å². The molecular weight excluding hydrogens is 248 g/mol. The molecular formula is C13H24N2O4. The molecule has 0 aromatic carbocycles. The Balaban J connectivity index is 2.70. The molecule has 0 aromatic rings. The summed E-state index contributed by atoms with van der Waals surface area (Å²) in [7, 11) is 1.61. The van der Waals surface area contributed by atoms with E-state index in [4.69, 9.17) is 9.84 Å². The Bertz CT molecular complexity index is 322. The maximum absolute atomic E-state index is 12.5. The second kappa shape index (κ2) is 7.33. The fourth-order valence-electron chi connectivity index (χ4n) is 2.63. The van der Waals surface area contributed by atoms with Gasteiger partial charge < -0.3 is 19.6 Å². The quantitative estimate of drug-likeness (QED) is 0.793. The third-order valence-corrected chi connectivity index (χ3v) is 3.56. The number of aliphatic carboxylic acids is 1. The standard InChI is InChI=1S/C13H24N2O4/c1-4-14(10(2)9-19-3)13(18)15-7-5-6-11(15)8-12(16)17/h10-11H,4-9H2,1-3H3,(H,16,17). The van der Waals surface area contributed by atoms with Crippen molar-refractivity contribution >= 4 is 12.0 Å². The van der Waals surface area contributed by atoms with Gasteiger partial charge in [-0.2, -0.15) is 0 Å². The number of urea groups is 1. The van der Waals surface area contributed by atoms with E-state index in [1.807, 2.05) is 13.8 Å². The third kappa shape index (κ3) is 4.09. The molecule has 1 heterocycles. The number of likely N-dealkylation sites (tertiary alicyclic amines) is 1. The van der Waals surface area contributed by atoms with Crippen LogP contribution in [-0.2, 0) is 9.53 Å². The average molecular weight is 272 g/mol. The van der Waals surface area contributed by atoms with E-state index in [-0.39, 0.29) is 24.5 Å². The lowest BCUT2D eigenvalue weighted by Gasteiger charge is -2.34. The van der Waals surface area contributed by atoms with Crippen molar-refractivity contribution in [3.8, 4) is 0 Å². The van der Waals surface area contributed by atoms with Gasteiger partial charge in [-0.05, 0) is 26.7 Å². The van der Waals surface area contributed by atoms with Crippen LogP contribution in [0.15, 0.2) is 0 Å². The van der Waals surface area contributed by atoms with Crippen LogP contribution in [0.3, 0.4) is 0 Å². The van der Waals surface area contributed by atoms with Crippen molar-refractivity contribution in [2.24, 2.45) is 0 Å². The second-order valence-electron chi connectivity index (χ2n) is 4.96. The molecule has 1 fully saturated rings. The normalized spacial score (nSPS) is 20.4. The number of carbonyl (C=O) groups is 2. The van der Waals surface area contributed by atoms with Crippen molar-refractivity contribution in [1.82, 2.24) is 9.80 Å². The first kappa shape index (κ1) is 15.8. The smallest absolute Gasteiger partial charge is 0.320 e. The summed E-state index contributed by atoms with van der Waals surface area (Å²) in [6, 6.07) is -0.252. The van der Waals surface area contributed by atoms with Gasteiger partial charge in [-0.3, -0.25) is 4.79 Å². The molecule has 6 nitrogen and oxygen atoms in total. The largest absolute Gasteiger partial charge is 0.481 e. The van der Waals surface area contributed by atoms with Crippen molar-refractivity contribution in [3.05, 3.63) is 0 Å². The molecule has 2 unspecified atom stereocenters. The molecule has 19 heavy (non-hydrogen) atoms. The molecule has 0 radical (unpaired) electrons. The number of nitrogens with zero attached hydrogens (tertiary/aromatic N) is 2. The number of hydrogen-bond donors (Lipinski definition) is 1. The predicted molar refractivity (Wildman–Crippen MR) is 71.1 cm³/mol. The first-order valence-corrected chi connectivity index (χ1v) is 6.79. The summed E-state index contributed by atoms with van der Waals surface area (Å²) in [4.78, 5) is 26.8. The minimum absolute atomic E-state index is 0.00595. The lowest BCUT2D eigenvalue weighted by atomic mass is 10.1. The van der Waals surface area contributed by atoms with Crippen molar-refractivity contribution in [2.75, 3.05) is 26.8 Å². The number of rotatable bonds is 6.